The molecule has 1 saturated heterocycles. The van der Waals surface area contributed by atoms with Crippen molar-refractivity contribution in [1.82, 2.24) is 4.90 Å². The number of nitrogens with zero attached hydrogens (tertiary/aromatic N) is 1. The molecule has 0 radical (unpaired) electrons. The second-order valence-electron chi connectivity index (χ2n) is 11.0. The Labute approximate surface area is 219 Å². The summed E-state index contributed by atoms with van der Waals surface area (Å²) in [6.07, 6.45) is 0. The quantitative estimate of drug-likeness (QED) is 0.373. The van der Waals surface area contributed by atoms with Gasteiger partial charge in [-0.1, -0.05) is 54.6 Å². The zero-order valence-corrected chi connectivity index (χ0v) is 22.4. The molecule has 0 spiro atoms. The van der Waals surface area contributed by atoms with Crippen molar-refractivity contribution in [1.29, 1.82) is 0 Å². The van der Waals surface area contributed by atoms with Gasteiger partial charge in [0.15, 0.2) is 0 Å². The highest BCUT2D eigenvalue weighted by atomic mass is 16.7. The highest BCUT2D eigenvalue weighted by molar-refractivity contribution is 6.62. The maximum absolute atomic E-state index is 13.4. The molecule has 3 aromatic rings. The molecule has 190 valence electrons. The monoisotopic (exact) mass is 495 g/mol. The van der Waals surface area contributed by atoms with Gasteiger partial charge in [-0.05, 0) is 76.6 Å². The van der Waals surface area contributed by atoms with Crippen molar-refractivity contribution in [2.45, 2.75) is 45.4 Å². The summed E-state index contributed by atoms with van der Waals surface area (Å²) in [5.74, 6) is -0.142. The summed E-state index contributed by atoms with van der Waals surface area (Å²) in [5, 5.41) is 6.60. The van der Waals surface area contributed by atoms with Crippen LogP contribution in [0.5, 0.6) is 0 Å². The first-order valence-electron chi connectivity index (χ1n) is 12.7. The first-order chi connectivity index (χ1) is 17.5. The van der Waals surface area contributed by atoms with E-state index in [-0.39, 0.29) is 5.91 Å². The number of fused-ring (bicyclic) bond motifs is 1. The van der Waals surface area contributed by atoms with Crippen LogP contribution in [0.1, 0.15) is 44.4 Å². The zero-order chi connectivity index (χ0) is 26.4. The van der Waals surface area contributed by atoms with Crippen molar-refractivity contribution in [2.75, 3.05) is 24.7 Å². The van der Waals surface area contributed by atoms with Gasteiger partial charge >= 0.3 is 7.12 Å². The van der Waals surface area contributed by atoms with Crippen molar-refractivity contribution in [3.63, 3.8) is 0 Å². The summed E-state index contributed by atoms with van der Waals surface area (Å²) in [5.41, 5.74) is 6.07. The van der Waals surface area contributed by atoms with Gasteiger partial charge < -0.3 is 24.8 Å². The number of hydrogen-bond acceptors (Lipinski definition) is 5. The third-order valence-electron chi connectivity index (χ3n) is 7.35. The number of hydrogen-bond donors (Lipinski definition) is 2. The SMILES string of the molecule is CN(C)Cc1ccc(N/C(=C2\C(=O)Nc3cc(B4OC(C)(C)C(C)(C)O4)ccc32)c2ccccc2)cc1. The number of benzene rings is 3. The highest BCUT2D eigenvalue weighted by Crippen LogP contribution is 2.39. The molecule has 7 heteroatoms. The first-order valence-corrected chi connectivity index (χ1v) is 12.7. The van der Waals surface area contributed by atoms with Gasteiger partial charge in [0, 0.05) is 23.5 Å². The molecule has 0 atom stereocenters. The lowest BCUT2D eigenvalue weighted by atomic mass is 9.78. The number of nitrogens with one attached hydrogen (secondary N) is 2. The molecule has 2 N–H and O–H groups in total. The van der Waals surface area contributed by atoms with Crippen molar-refractivity contribution in [2.24, 2.45) is 0 Å². The van der Waals surface area contributed by atoms with Crippen LogP contribution in [0.25, 0.3) is 11.3 Å². The third-order valence-corrected chi connectivity index (χ3v) is 7.35. The van der Waals surface area contributed by atoms with E-state index in [1.807, 2.05) is 76.2 Å². The Kier molecular flexibility index (Phi) is 6.48. The Balaban J connectivity index is 1.52. The van der Waals surface area contributed by atoms with Crippen LogP contribution in [0.15, 0.2) is 72.8 Å². The van der Waals surface area contributed by atoms with E-state index in [1.54, 1.807) is 0 Å². The average molecular weight is 495 g/mol. The van der Waals surface area contributed by atoms with Gasteiger partial charge in [0.05, 0.1) is 22.5 Å². The van der Waals surface area contributed by atoms with Gasteiger partial charge in [0.1, 0.15) is 0 Å². The second-order valence-corrected chi connectivity index (χ2v) is 11.0. The van der Waals surface area contributed by atoms with E-state index in [1.165, 1.54) is 5.56 Å². The fraction of sp³-hybridized carbons (Fsp3) is 0.300. The molecule has 0 bridgehead atoms. The third kappa shape index (κ3) is 4.95. The minimum absolute atomic E-state index is 0.142. The van der Waals surface area contributed by atoms with Crippen LogP contribution in [0, 0.1) is 0 Å². The van der Waals surface area contributed by atoms with Crippen LogP contribution in [-0.4, -0.2) is 43.2 Å². The van der Waals surface area contributed by atoms with E-state index in [4.69, 9.17) is 9.31 Å². The molecule has 0 aliphatic carbocycles. The molecule has 1 amide bonds. The summed E-state index contributed by atoms with van der Waals surface area (Å²) < 4.78 is 12.5. The largest absolute Gasteiger partial charge is 0.494 e. The van der Waals surface area contributed by atoms with Crippen LogP contribution in [0.3, 0.4) is 0 Å². The fourth-order valence-corrected chi connectivity index (χ4v) is 4.65. The number of anilines is 2. The molecule has 37 heavy (non-hydrogen) atoms. The maximum Gasteiger partial charge on any atom is 0.494 e. The lowest BCUT2D eigenvalue weighted by molar-refractivity contribution is -0.110. The van der Waals surface area contributed by atoms with E-state index in [2.05, 4.69) is 53.9 Å². The molecular formula is C30H34BN3O3. The lowest BCUT2D eigenvalue weighted by Crippen LogP contribution is -2.41. The number of carbonyl (C=O) groups excluding carboxylic acids is 1. The van der Waals surface area contributed by atoms with Crippen LogP contribution in [0.2, 0.25) is 0 Å². The van der Waals surface area contributed by atoms with E-state index in [9.17, 15) is 4.79 Å². The van der Waals surface area contributed by atoms with Crippen molar-refractivity contribution < 1.29 is 14.1 Å². The van der Waals surface area contributed by atoms with Gasteiger partial charge in [0.2, 0.25) is 0 Å². The minimum Gasteiger partial charge on any atom is -0.399 e. The molecule has 6 nitrogen and oxygen atoms in total. The molecule has 2 aliphatic rings. The van der Waals surface area contributed by atoms with Crippen LogP contribution in [-0.2, 0) is 20.6 Å². The topological polar surface area (TPSA) is 62.8 Å². The van der Waals surface area contributed by atoms with Crippen LogP contribution < -0.4 is 16.1 Å². The van der Waals surface area contributed by atoms with Gasteiger partial charge in [-0.25, -0.2) is 0 Å². The van der Waals surface area contributed by atoms with E-state index in [0.29, 0.717) is 5.57 Å². The van der Waals surface area contributed by atoms with Gasteiger partial charge in [-0.2, -0.15) is 0 Å². The Morgan fingerprint density at radius 3 is 2.19 bits per heavy atom. The Morgan fingerprint density at radius 2 is 1.57 bits per heavy atom. The minimum atomic E-state index is -0.493. The molecule has 2 aliphatic heterocycles. The summed E-state index contributed by atoms with van der Waals surface area (Å²) in [7, 11) is 3.61. The molecule has 3 aromatic carbocycles. The Hall–Kier alpha value is -3.39. The van der Waals surface area contributed by atoms with Gasteiger partial charge in [-0.15, -0.1) is 0 Å². The van der Waals surface area contributed by atoms with Crippen molar-refractivity contribution in [3.8, 4) is 0 Å². The number of amides is 1. The van der Waals surface area contributed by atoms with Crippen molar-refractivity contribution in [3.05, 3.63) is 89.5 Å². The molecule has 2 heterocycles. The average Bonchev–Trinajstić information content (AvgIpc) is 3.28. The van der Waals surface area contributed by atoms with Crippen molar-refractivity contribution >= 4 is 41.1 Å². The summed E-state index contributed by atoms with van der Waals surface area (Å²) in [4.78, 5) is 15.5. The molecule has 0 unspecified atom stereocenters. The van der Waals surface area contributed by atoms with E-state index >= 15 is 0 Å². The normalized spacial score (nSPS) is 19.1. The molecular weight excluding hydrogens is 461 g/mol. The fourth-order valence-electron chi connectivity index (χ4n) is 4.65. The summed E-state index contributed by atoms with van der Waals surface area (Å²) in [6, 6.07) is 24.2. The summed E-state index contributed by atoms with van der Waals surface area (Å²) >= 11 is 0. The standard InChI is InChI=1S/C30H34BN3O3/c1-29(2)30(3,4)37-31(36-29)22-14-17-24-25(18-22)33-28(35)26(24)27(21-10-8-7-9-11-21)32-23-15-12-20(13-16-23)19-34(5)6/h7-18,32H,19H2,1-6H3,(H,33,35)/b27-26-. The van der Waals surface area contributed by atoms with Crippen LogP contribution >= 0.6 is 0 Å². The summed E-state index contributed by atoms with van der Waals surface area (Å²) in [6.45, 7) is 9.01. The highest BCUT2D eigenvalue weighted by Gasteiger charge is 2.52. The molecule has 5 rings (SSSR count). The smallest absolute Gasteiger partial charge is 0.399 e. The van der Waals surface area contributed by atoms with Gasteiger partial charge in [0.25, 0.3) is 5.91 Å². The van der Waals surface area contributed by atoms with E-state index < -0.39 is 18.3 Å². The Bertz CT molecular complexity index is 1330. The Morgan fingerprint density at radius 1 is 0.919 bits per heavy atom. The maximum atomic E-state index is 13.4. The first kappa shape index (κ1) is 25.3. The van der Waals surface area contributed by atoms with Gasteiger partial charge in [-0.3, -0.25) is 4.79 Å². The molecule has 0 saturated carbocycles. The number of carbonyl (C=O) groups is 1. The van der Waals surface area contributed by atoms with E-state index in [0.717, 1.165) is 40.2 Å². The predicted molar refractivity (Wildman–Crippen MR) is 151 cm³/mol. The predicted octanol–water partition coefficient (Wildman–Crippen LogP) is 4.98. The second kappa shape index (κ2) is 9.49. The number of rotatable bonds is 6. The molecule has 1 fully saturated rings. The lowest BCUT2D eigenvalue weighted by Gasteiger charge is -2.32. The van der Waals surface area contributed by atoms with Crippen LogP contribution in [0.4, 0.5) is 11.4 Å². The zero-order valence-electron chi connectivity index (χ0n) is 22.4. The molecule has 0 aromatic heterocycles.